The molecule has 8 heteroatoms. The van der Waals surface area contributed by atoms with Crippen LogP contribution < -0.4 is 10.1 Å². The highest BCUT2D eigenvalue weighted by Crippen LogP contribution is 2.22. The second-order valence-corrected chi connectivity index (χ2v) is 8.61. The van der Waals surface area contributed by atoms with Crippen molar-refractivity contribution >= 4 is 15.9 Å². The van der Waals surface area contributed by atoms with Crippen LogP contribution in [-0.4, -0.2) is 43.3 Å². The number of aromatic nitrogens is 1. The van der Waals surface area contributed by atoms with Gasteiger partial charge in [0.15, 0.2) is 6.61 Å². The van der Waals surface area contributed by atoms with Crippen molar-refractivity contribution in [2.45, 2.75) is 37.1 Å². The molecule has 1 N–H and O–H groups in total. The fourth-order valence-corrected chi connectivity index (χ4v) is 4.55. The zero-order valence-electron chi connectivity index (χ0n) is 15.7. The monoisotopic (exact) mass is 403 g/mol. The summed E-state index contributed by atoms with van der Waals surface area (Å²) in [7, 11) is -3.48. The highest BCUT2D eigenvalue weighted by molar-refractivity contribution is 7.89. The van der Waals surface area contributed by atoms with E-state index in [4.69, 9.17) is 4.74 Å². The van der Waals surface area contributed by atoms with Gasteiger partial charge in [-0.15, -0.1) is 0 Å². The quantitative estimate of drug-likeness (QED) is 0.767. The van der Waals surface area contributed by atoms with Gasteiger partial charge in [-0.05, 0) is 49.2 Å². The fourth-order valence-electron chi connectivity index (χ4n) is 3.03. The molecule has 0 atom stereocenters. The van der Waals surface area contributed by atoms with Crippen LogP contribution in [0.4, 0.5) is 0 Å². The highest BCUT2D eigenvalue weighted by Gasteiger charge is 2.24. The first kappa shape index (κ1) is 20.3. The summed E-state index contributed by atoms with van der Waals surface area (Å²) >= 11 is 0. The lowest BCUT2D eigenvalue weighted by atomic mass is 10.2. The lowest BCUT2D eigenvalue weighted by Gasteiger charge is -2.20. The number of pyridine rings is 1. The van der Waals surface area contributed by atoms with E-state index in [-0.39, 0.29) is 17.4 Å². The molecule has 0 unspecified atom stereocenters. The van der Waals surface area contributed by atoms with E-state index in [1.807, 2.05) is 18.2 Å². The van der Waals surface area contributed by atoms with E-state index in [9.17, 15) is 13.2 Å². The van der Waals surface area contributed by atoms with Gasteiger partial charge in [-0.3, -0.25) is 9.78 Å². The first-order chi connectivity index (χ1) is 13.6. The van der Waals surface area contributed by atoms with Crippen LogP contribution in [0.3, 0.4) is 0 Å². The first-order valence-corrected chi connectivity index (χ1v) is 10.9. The zero-order valence-corrected chi connectivity index (χ0v) is 16.5. The third kappa shape index (κ3) is 5.53. The standard InChI is InChI=1S/C20H25N3O4S/c24-20(22-15-17-7-3-4-12-21-17)16-27-18-8-10-19(11-9-18)28(25,26)23-13-5-1-2-6-14-23/h3-4,7-12H,1-2,5-6,13-16H2,(H,22,24). The number of hydrogen-bond acceptors (Lipinski definition) is 5. The van der Waals surface area contributed by atoms with Crippen LogP contribution >= 0.6 is 0 Å². The lowest BCUT2D eigenvalue weighted by molar-refractivity contribution is -0.123. The topological polar surface area (TPSA) is 88.6 Å². The van der Waals surface area contributed by atoms with Gasteiger partial charge >= 0.3 is 0 Å². The molecule has 28 heavy (non-hydrogen) atoms. The van der Waals surface area contributed by atoms with Gasteiger partial charge in [0.1, 0.15) is 5.75 Å². The fraction of sp³-hybridized carbons (Fsp3) is 0.400. The lowest BCUT2D eigenvalue weighted by Crippen LogP contribution is -2.31. The van der Waals surface area contributed by atoms with Crippen LogP contribution in [-0.2, 0) is 21.4 Å². The van der Waals surface area contributed by atoms with Gasteiger partial charge in [0.05, 0.1) is 17.1 Å². The van der Waals surface area contributed by atoms with Crippen LogP contribution in [0.5, 0.6) is 5.75 Å². The van der Waals surface area contributed by atoms with Gasteiger partial charge in [-0.25, -0.2) is 8.42 Å². The Morgan fingerprint density at radius 3 is 2.39 bits per heavy atom. The summed E-state index contributed by atoms with van der Waals surface area (Å²) in [6.45, 7) is 1.31. The van der Waals surface area contributed by atoms with Gasteiger partial charge in [0, 0.05) is 19.3 Å². The molecule has 0 spiro atoms. The predicted molar refractivity (Wildman–Crippen MR) is 105 cm³/mol. The number of benzene rings is 1. The van der Waals surface area contributed by atoms with Gasteiger partial charge in [0.2, 0.25) is 10.0 Å². The largest absolute Gasteiger partial charge is 0.484 e. The molecular formula is C20H25N3O4S. The Morgan fingerprint density at radius 1 is 1.04 bits per heavy atom. The maximum absolute atomic E-state index is 12.8. The Labute approximate surface area is 165 Å². The third-order valence-electron chi connectivity index (χ3n) is 4.59. The molecule has 150 valence electrons. The molecule has 2 aromatic rings. The summed E-state index contributed by atoms with van der Waals surface area (Å²) < 4.78 is 32.5. The maximum Gasteiger partial charge on any atom is 0.258 e. The average molecular weight is 404 g/mol. The van der Waals surface area contributed by atoms with E-state index in [2.05, 4.69) is 10.3 Å². The van der Waals surface area contributed by atoms with Crippen molar-refractivity contribution in [2.24, 2.45) is 0 Å². The van der Waals surface area contributed by atoms with Gasteiger partial charge < -0.3 is 10.1 Å². The number of carbonyl (C=O) groups excluding carboxylic acids is 1. The SMILES string of the molecule is O=C(COc1ccc(S(=O)(=O)N2CCCCCC2)cc1)NCc1ccccn1. The van der Waals surface area contributed by atoms with Crippen molar-refractivity contribution < 1.29 is 17.9 Å². The Kier molecular flexibility index (Phi) is 7.00. The van der Waals surface area contributed by atoms with E-state index in [1.54, 1.807) is 22.6 Å². The number of sulfonamides is 1. The van der Waals surface area contributed by atoms with E-state index < -0.39 is 10.0 Å². The van der Waals surface area contributed by atoms with Crippen LogP contribution in [0.15, 0.2) is 53.6 Å². The first-order valence-electron chi connectivity index (χ1n) is 9.45. The van der Waals surface area contributed by atoms with Crippen LogP contribution in [0.25, 0.3) is 0 Å². The molecule has 7 nitrogen and oxygen atoms in total. The number of carbonyl (C=O) groups is 1. The van der Waals surface area contributed by atoms with E-state index >= 15 is 0 Å². The molecule has 1 aliphatic rings. The molecule has 0 saturated carbocycles. The van der Waals surface area contributed by atoms with Gasteiger partial charge in [-0.2, -0.15) is 4.31 Å². The summed E-state index contributed by atoms with van der Waals surface area (Å²) in [6.07, 6.45) is 5.60. The Hall–Kier alpha value is -2.45. The molecule has 0 bridgehead atoms. The number of nitrogens with zero attached hydrogens (tertiary/aromatic N) is 2. The van der Waals surface area contributed by atoms with Crippen LogP contribution in [0.1, 0.15) is 31.4 Å². The average Bonchev–Trinajstić information content (AvgIpc) is 3.02. The molecule has 1 aromatic carbocycles. The van der Waals surface area contributed by atoms with Gasteiger partial charge in [0.25, 0.3) is 5.91 Å². The number of rotatable bonds is 7. The van der Waals surface area contributed by atoms with Crippen molar-refractivity contribution in [2.75, 3.05) is 19.7 Å². The van der Waals surface area contributed by atoms with E-state index in [1.165, 1.54) is 12.1 Å². The summed E-state index contributed by atoms with van der Waals surface area (Å²) in [5.41, 5.74) is 0.763. The molecule has 1 saturated heterocycles. The van der Waals surface area contributed by atoms with Crippen molar-refractivity contribution in [3.63, 3.8) is 0 Å². The predicted octanol–water partition coefficient (Wildman–Crippen LogP) is 2.34. The Morgan fingerprint density at radius 2 is 1.75 bits per heavy atom. The van der Waals surface area contributed by atoms with Crippen LogP contribution in [0.2, 0.25) is 0 Å². The maximum atomic E-state index is 12.8. The zero-order chi connectivity index (χ0) is 19.8. The number of ether oxygens (including phenoxy) is 1. The molecule has 1 amide bonds. The van der Waals surface area contributed by atoms with Crippen molar-refractivity contribution in [1.82, 2.24) is 14.6 Å². The smallest absolute Gasteiger partial charge is 0.258 e. The Balaban J connectivity index is 1.51. The molecule has 3 rings (SSSR count). The molecule has 1 aliphatic heterocycles. The minimum atomic E-state index is -3.48. The third-order valence-corrected chi connectivity index (χ3v) is 6.50. The van der Waals surface area contributed by atoms with E-state index in [0.717, 1.165) is 31.4 Å². The molecular weight excluding hydrogens is 378 g/mol. The molecule has 0 aliphatic carbocycles. The summed E-state index contributed by atoms with van der Waals surface area (Å²) in [4.78, 5) is 16.3. The molecule has 0 radical (unpaired) electrons. The normalized spacial score (nSPS) is 15.6. The van der Waals surface area contributed by atoms with Gasteiger partial charge in [-0.1, -0.05) is 18.9 Å². The minimum Gasteiger partial charge on any atom is -0.484 e. The van der Waals surface area contributed by atoms with E-state index in [0.29, 0.717) is 25.4 Å². The summed E-state index contributed by atoms with van der Waals surface area (Å²) in [6, 6.07) is 11.7. The molecule has 2 heterocycles. The second-order valence-electron chi connectivity index (χ2n) is 6.68. The Bertz CT molecular complexity index is 862. The van der Waals surface area contributed by atoms with Crippen LogP contribution in [0, 0.1) is 0 Å². The van der Waals surface area contributed by atoms with Crippen molar-refractivity contribution in [3.05, 3.63) is 54.4 Å². The molecule has 1 aromatic heterocycles. The van der Waals surface area contributed by atoms with Crippen molar-refractivity contribution in [3.8, 4) is 5.75 Å². The number of nitrogens with one attached hydrogen (secondary N) is 1. The summed E-state index contributed by atoms with van der Waals surface area (Å²) in [5, 5.41) is 2.72. The number of amides is 1. The molecule has 1 fully saturated rings. The minimum absolute atomic E-state index is 0.148. The second kappa shape index (κ2) is 9.66. The van der Waals surface area contributed by atoms with Crippen molar-refractivity contribution in [1.29, 1.82) is 0 Å². The summed E-state index contributed by atoms with van der Waals surface area (Å²) in [5.74, 6) is 0.176. The highest BCUT2D eigenvalue weighted by atomic mass is 32.2. The number of hydrogen-bond donors (Lipinski definition) is 1.